The van der Waals surface area contributed by atoms with Crippen LogP contribution < -0.4 is 0 Å². The maximum Gasteiger partial charge on any atom is 0.0940 e. The van der Waals surface area contributed by atoms with E-state index in [1.54, 1.807) is 0 Å². The topological polar surface area (TPSA) is 38.7 Å². The molecule has 16 heavy (non-hydrogen) atoms. The van der Waals surface area contributed by atoms with E-state index in [1.807, 2.05) is 0 Å². The van der Waals surface area contributed by atoms with Gasteiger partial charge in [0.25, 0.3) is 0 Å². The van der Waals surface area contributed by atoms with E-state index in [4.69, 9.17) is 9.47 Å². The molecule has 2 rings (SSSR count). The molecule has 2 unspecified atom stereocenters. The summed E-state index contributed by atoms with van der Waals surface area (Å²) in [5.41, 5.74) is -0.583. The zero-order valence-corrected chi connectivity index (χ0v) is 10.5. The molecule has 2 heterocycles. The summed E-state index contributed by atoms with van der Waals surface area (Å²) in [7, 11) is 0. The van der Waals surface area contributed by atoms with Crippen molar-refractivity contribution in [3.05, 3.63) is 0 Å². The van der Waals surface area contributed by atoms with Crippen LogP contribution in [-0.4, -0.2) is 36.1 Å². The highest BCUT2D eigenvalue weighted by Gasteiger charge is 2.46. The molecule has 0 amide bonds. The van der Waals surface area contributed by atoms with Crippen LogP contribution in [0.2, 0.25) is 0 Å². The highest BCUT2D eigenvalue weighted by atomic mass is 16.6. The molecule has 0 aliphatic carbocycles. The predicted octanol–water partition coefficient (Wildman–Crippen LogP) is 2.12. The Hall–Kier alpha value is -0.120. The predicted molar refractivity (Wildman–Crippen MR) is 62.4 cm³/mol. The first-order valence-electron chi connectivity index (χ1n) is 6.58. The van der Waals surface area contributed by atoms with Crippen molar-refractivity contribution >= 4 is 0 Å². The first-order chi connectivity index (χ1) is 7.64. The third-order valence-electron chi connectivity index (χ3n) is 4.54. The van der Waals surface area contributed by atoms with E-state index in [1.165, 1.54) is 0 Å². The van der Waals surface area contributed by atoms with Crippen molar-refractivity contribution in [1.29, 1.82) is 0 Å². The first-order valence-corrected chi connectivity index (χ1v) is 6.58. The fourth-order valence-electron chi connectivity index (χ4n) is 3.18. The summed E-state index contributed by atoms with van der Waals surface area (Å²) in [5, 5.41) is 10.6. The van der Waals surface area contributed by atoms with E-state index in [9.17, 15) is 5.11 Å². The van der Waals surface area contributed by atoms with E-state index >= 15 is 0 Å². The molecule has 0 aromatic carbocycles. The summed E-state index contributed by atoms with van der Waals surface area (Å²) < 4.78 is 11.4. The van der Waals surface area contributed by atoms with Gasteiger partial charge in [-0.2, -0.15) is 0 Å². The van der Waals surface area contributed by atoms with Gasteiger partial charge in [0.1, 0.15) is 0 Å². The lowest BCUT2D eigenvalue weighted by atomic mass is 9.73. The van der Waals surface area contributed by atoms with Gasteiger partial charge in [-0.15, -0.1) is 0 Å². The fraction of sp³-hybridized carbons (Fsp3) is 1.00. The highest BCUT2D eigenvalue weighted by molar-refractivity contribution is 4.96. The maximum atomic E-state index is 10.6. The molecule has 3 heteroatoms. The van der Waals surface area contributed by atoms with Gasteiger partial charge in [0.05, 0.1) is 17.8 Å². The minimum Gasteiger partial charge on any atom is -0.390 e. The Morgan fingerprint density at radius 2 is 2.06 bits per heavy atom. The van der Waals surface area contributed by atoms with Crippen LogP contribution in [0.4, 0.5) is 0 Å². The molecular weight excluding hydrogens is 204 g/mol. The molecule has 1 N–H and O–H groups in total. The van der Waals surface area contributed by atoms with Gasteiger partial charge in [-0.25, -0.2) is 0 Å². The minimum absolute atomic E-state index is 0.0821. The second-order valence-corrected chi connectivity index (χ2v) is 5.33. The van der Waals surface area contributed by atoms with E-state index in [0.717, 1.165) is 45.3 Å². The fourth-order valence-corrected chi connectivity index (χ4v) is 3.18. The lowest BCUT2D eigenvalue weighted by Crippen LogP contribution is -2.48. The summed E-state index contributed by atoms with van der Waals surface area (Å²) in [5.74, 6) is 0.373. The lowest BCUT2D eigenvalue weighted by molar-refractivity contribution is -0.144. The van der Waals surface area contributed by atoms with Crippen LogP contribution in [-0.2, 0) is 9.47 Å². The van der Waals surface area contributed by atoms with E-state index in [-0.39, 0.29) is 5.60 Å². The van der Waals surface area contributed by atoms with Gasteiger partial charge in [-0.05, 0) is 31.6 Å². The Labute approximate surface area is 98.1 Å². The second-order valence-electron chi connectivity index (χ2n) is 5.33. The van der Waals surface area contributed by atoms with Crippen molar-refractivity contribution in [2.24, 2.45) is 5.92 Å². The first kappa shape index (κ1) is 12.3. The number of aliphatic hydroxyl groups is 1. The van der Waals surface area contributed by atoms with Crippen LogP contribution in [0.3, 0.4) is 0 Å². The molecule has 94 valence electrons. The van der Waals surface area contributed by atoms with Crippen molar-refractivity contribution in [2.75, 3.05) is 19.8 Å². The monoisotopic (exact) mass is 228 g/mol. The zero-order valence-electron chi connectivity index (χ0n) is 10.5. The van der Waals surface area contributed by atoms with Crippen LogP contribution in [0.25, 0.3) is 0 Å². The Morgan fingerprint density at radius 3 is 2.62 bits per heavy atom. The maximum absolute atomic E-state index is 10.6. The standard InChI is InChI=1S/C13H24O3/c1-3-13(14,4-2)11-5-7-16-12(9-11)6-8-15-10-12/h11,14H,3-10H2,1-2H3. The molecule has 1 spiro atoms. The molecule has 0 aromatic heterocycles. The van der Waals surface area contributed by atoms with Crippen LogP contribution in [0.15, 0.2) is 0 Å². The minimum atomic E-state index is -0.501. The van der Waals surface area contributed by atoms with Gasteiger partial charge in [-0.1, -0.05) is 13.8 Å². The molecule has 2 fully saturated rings. The Bertz CT molecular complexity index is 229. The van der Waals surface area contributed by atoms with Crippen LogP contribution in [0.1, 0.15) is 46.0 Å². The van der Waals surface area contributed by atoms with Gasteiger partial charge in [0.15, 0.2) is 0 Å². The van der Waals surface area contributed by atoms with Crippen molar-refractivity contribution in [3.63, 3.8) is 0 Å². The lowest BCUT2D eigenvalue weighted by Gasteiger charge is -2.44. The normalized spacial score (nSPS) is 35.8. The Morgan fingerprint density at radius 1 is 1.31 bits per heavy atom. The molecule has 0 saturated carbocycles. The van der Waals surface area contributed by atoms with Crippen LogP contribution >= 0.6 is 0 Å². The Kier molecular flexibility index (Phi) is 3.57. The molecule has 2 aliphatic rings. The van der Waals surface area contributed by atoms with E-state index in [2.05, 4.69) is 13.8 Å². The van der Waals surface area contributed by atoms with Gasteiger partial charge in [0.2, 0.25) is 0 Å². The van der Waals surface area contributed by atoms with Gasteiger partial charge in [-0.3, -0.25) is 0 Å². The van der Waals surface area contributed by atoms with Crippen molar-refractivity contribution in [2.45, 2.75) is 57.2 Å². The number of hydrogen-bond donors (Lipinski definition) is 1. The zero-order chi connectivity index (χ0) is 11.6. The highest BCUT2D eigenvalue weighted by Crippen LogP contribution is 2.42. The van der Waals surface area contributed by atoms with Crippen LogP contribution in [0.5, 0.6) is 0 Å². The molecule has 2 saturated heterocycles. The summed E-state index contributed by atoms with van der Waals surface area (Å²) in [6.07, 6.45) is 4.62. The molecular formula is C13H24O3. The molecule has 0 aromatic rings. The summed E-state index contributed by atoms with van der Waals surface area (Å²) >= 11 is 0. The summed E-state index contributed by atoms with van der Waals surface area (Å²) in [4.78, 5) is 0. The number of ether oxygens (including phenoxy) is 2. The summed E-state index contributed by atoms with van der Waals surface area (Å²) in [6.45, 7) is 6.46. The molecule has 3 nitrogen and oxygen atoms in total. The average Bonchev–Trinajstić information content (AvgIpc) is 2.76. The molecule has 2 aliphatic heterocycles. The molecule has 0 radical (unpaired) electrons. The van der Waals surface area contributed by atoms with E-state index in [0.29, 0.717) is 12.5 Å². The second kappa shape index (κ2) is 4.63. The smallest absolute Gasteiger partial charge is 0.0940 e. The van der Waals surface area contributed by atoms with Crippen molar-refractivity contribution in [1.82, 2.24) is 0 Å². The van der Waals surface area contributed by atoms with Gasteiger partial charge in [0, 0.05) is 19.6 Å². The van der Waals surface area contributed by atoms with Gasteiger partial charge < -0.3 is 14.6 Å². The number of hydrogen-bond acceptors (Lipinski definition) is 3. The third kappa shape index (κ3) is 2.13. The molecule has 2 atom stereocenters. The van der Waals surface area contributed by atoms with Crippen LogP contribution in [0, 0.1) is 5.92 Å². The average molecular weight is 228 g/mol. The Balaban J connectivity index is 2.06. The number of rotatable bonds is 3. The quantitative estimate of drug-likeness (QED) is 0.804. The molecule has 0 bridgehead atoms. The SMILES string of the molecule is CCC(O)(CC)C1CCOC2(CCOC2)C1. The van der Waals surface area contributed by atoms with E-state index < -0.39 is 5.60 Å². The largest absolute Gasteiger partial charge is 0.390 e. The van der Waals surface area contributed by atoms with Crippen molar-refractivity contribution < 1.29 is 14.6 Å². The third-order valence-corrected chi connectivity index (χ3v) is 4.54. The van der Waals surface area contributed by atoms with Gasteiger partial charge >= 0.3 is 0 Å². The van der Waals surface area contributed by atoms with Crippen molar-refractivity contribution in [3.8, 4) is 0 Å². The summed E-state index contributed by atoms with van der Waals surface area (Å²) in [6, 6.07) is 0.